The highest BCUT2D eigenvalue weighted by Gasteiger charge is 2.13. The number of rotatable bonds is 4. The molecule has 0 aliphatic rings. The molecule has 0 fully saturated rings. The number of para-hydroxylation sites is 1. The fourth-order valence-electron chi connectivity index (χ4n) is 1.81. The number of tetrazole rings is 1. The van der Waals surface area contributed by atoms with Crippen molar-refractivity contribution in [3.05, 3.63) is 53.1 Å². The Morgan fingerprint density at radius 3 is 2.81 bits per heavy atom. The molecule has 3 aromatic rings. The second kappa shape index (κ2) is 5.88. The lowest BCUT2D eigenvalue weighted by molar-refractivity contribution is 0.690. The maximum absolute atomic E-state index is 12.2. The van der Waals surface area contributed by atoms with Crippen LogP contribution in [0.2, 0.25) is 0 Å². The fraction of sp³-hybridized carbons (Fsp3) is 0.154. The number of aromatic nitrogens is 6. The van der Waals surface area contributed by atoms with Gasteiger partial charge in [0.25, 0.3) is 5.56 Å². The van der Waals surface area contributed by atoms with Crippen LogP contribution in [0.25, 0.3) is 5.69 Å². The molecular formula is C13H12N6OS. The maximum atomic E-state index is 12.2. The summed E-state index contributed by atoms with van der Waals surface area (Å²) in [5.74, 6) is 0. The van der Waals surface area contributed by atoms with Gasteiger partial charge in [0, 0.05) is 18.9 Å². The predicted molar refractivity (Wildman–Crippen MR) is 77.4 cm³/mol. The van der Waals surface area contributed by atoms with Crippen molar-refractivity contribution < 1.29 is 0 Å². The van der Waals surface area contributed by atoms with Crippen LogP contribution in [-0.4, -0.2) is 29.8 Å². The molecule has 1 aromatic carbocycles. The second-order valence-electron chi connectivity index (χ2n) is 4.13. The van der Waals surface area contributed by atoms with E-state index in [1.807, 2.05) is 37.3 Å². The van der Waals surface area contributed by atoms with E-state index in [9.17, 15) is 4.79 Å². The van der Waals surface area contributed by atoms with Gasteiger partial charge in [-0.1, -0.05) is 18.2 Å². The van der Waals surface area contributed by atoms with Crippen LogP contribution in [0.3, 0.4) is 0 Å². The molecular weight excluding hydrogens is 288 g/mol. The van der Waals surface area contributed by atoms with Gasteiger partial charge in [-0.25, -0.2) is 4.98 Å². The SMILES string of the molecule is CCn1ccnc(Sc2nnnn2-c2ccccc2)c1=O. The van der Waals surface area contributed by atoms with Crippen LogP contribution < -0.4 is 5.56 Å². The second-order valence-corrected chi connectivity index (χ2v) is 5.09. The highest BCUT2D eigenvalue weighted by Crippen LogP contribution is 2.22. The van der Waals surface area contributed by atoms with Crippen LogP contribution >= 0.6 is 11.8 Å². The summed E-state index contributed by atoms with van der Waals surface area (Å²) in [5.41, 5.74) is 0.685. The number of hydrogen-bond donors (Lipinski definition) is 0. The van der Waals surface area contributed by atoms with Crippen molar-refractivity contribution in [3.63, 3.8) is 0 Å². The Balaban J connectivity index is 1.98. The van der Waals surface area contributed by atoms with Crippen LogP contribution in [0, 0.1) is 0 Å². The van der Waals surface area contributed by atoms with Crippen LogP contribution in [0.1, 0.15) is 6.92 Å². The van der Waals surface area contributed by atoms with Crippen LogP contribution in [0.4, 0.5) is 0 Å². The lowest BCUT2D eigenvalue weighted by Crippen LogP contribution is -2.21. The van der Waals surface area contributed by atoms with Gasteiger partial charge in [-0.05, 0) is 41.2 Å². The zero-order chi connectivity index (χ0) is 14.7. The predicted octanol–water partition coefficient (Wildman–Crippen LogP) is 1.39. The zero-order valence-electron chi connectivity index (χ0n) is 11.2. The van der Waals surface area contributed by atoms with E-state index < -0.39 is 0 Å². The number of nitrogens with zero attached hydrogens (tertiary/aromatic N) is 6. The van der Waals surface area contributed by atoms with E-state index in [4.69, 9.17) is 0 Å². The van der Waals surface area contributed by atoms with E-state index in [1.165, 1.54) is 0 Å². The first-order chi connectivity index (χ1) is 10.3. The minimum absolute atomic E-state index is 0.146. The van der Waals surface area contributed by atoms with Gasteiger partial charge in [-0.3, -0.25) is 4.79 Å². The quantitative estimate of drug-likeness (QED) is 0.724. The zero-order valence-corrected chi connectivity index (χ0v) is 12.1. The van der Waals surface area contributed by atoms with E-state index in [2.05, 4.69) is 20.5 Å². The first-order valence-electron chi connectivity index (χ1n) is 6.36. The first kappa shape index (κ1) is 13.5. The van der Waals surface area contributed by atoms with Crippen molar-refractivity contribution >= 4 is 11.8 Å². The van der Waals surface area contributed by atoms with Gasteiger partial charge in [0.1, 0.15) is 0 Å². The molecule has 0 radical (unpaired) electrons. The highest BCUT2D eigenvalue weighted by molar-refractivity contribution is 7.99. The maximum Gasteiger partial charge on any atom is 0.283 e. The Morgan fingerprint density at radius 1 is 1.24 bits per heavy atom. The molecule has 0 aliphatic carbocycles. The normalized spacial score (nSPS) is 10.7. The van der Waals surface area contributed by atoms with E-state index in [0.717, 1.165) is 17.4 Å². The third-order valence-corrected chi connectivity index (χ3v) is 3.76. The Morgan fingerprint density at radius 2 is 2.05 bits per heavy atom. The van der Waals surface area contributed by atoms with E-state index >= 15 is 0 Å². The molecule has 0 saturated carbocycles. The van der Waals surface area contributed by atoms with Gasteiger partial charge in [-0.2, -0.15) is 4.68 Å². The minimum atomic E-state index is -0.146. The molecule has 0 atom stereocenters. The summed E-state index contributed by atoms with van der Waals surface area (Å²) in [4.78, 5) is 16.3. The van der Waals surface area contributed by atoms with Gasteiger partial charge in [0.15, 0.2) is 5.03 Å². The number of hydrogen-bond acceptors (Lipinski definition) is 6. The van der Waals surface area contributed by atoms with Crippen LogP contribution in [-0.2, 0) is 6.54 Å². The molecule has 0 spiro atoms. The molecule has 2 heterocycles. The van der Waals surface area contributed by atoms with E-state index in [1.54, 1.807) is 21.6 Å². The van der Waals surface area contributed by atoms with Gasteiger partial charge < -0.3 is 4.57 Å². The van der Waals surface area contributed by atoms with Crippen molar-refractivity contribution in [1.29, 1.82) is 0 Å². The first-order valence-corrected chi connectivity index (χ1v) is 7.18. The fourth-order valence-corrected chi connectivity index (χ4v) is 2.60. The molecule has 0 amide bonds. The van der Waals surface area contributed by atoms with Crippen molar-refractivity contribution in [2.45, 2.75) is 23.7 Å². The largest absolute Gasteiger partial charge is 0.312 e. The standard InChI is InChI=1S/C13H12N6OS/c1-2-18-9-8-14-11(12(18)20)21-13-15-16-17-19(13)10-6-4-3-5-7-10/h3-9H,2H2,1H3. The molecule has 0 N–H and O–H groups in total. The molecule has 0 aliphatic heterocycles. The molecule has 21 heavy (non-hydrogen) atoms. The molecule has 106 valence electrons. The van der Waals surface area contributed by atoms with Crippen molar-refractivity contribution in [1.82, 2.24) is 29.8 Å². The molecule has 0 bridgehead atoms. The summed E-state index contributed by atoms with van der Waals surface area (Å²) >= 11 is 1.15. The van der Waals surface area contributed by atoms with Crippen molar-refractivity contribution in [2.75, 3.05) is 0 Å². The summed E-state index contributed by atoms with van der Waals surface area (Å²) in [7, 11) is 0. The summed E-state index contributed by atoms with van der Waals surface area (Å²) in [5, 5.41) is 12.4. The number of aryl methyl sites for hydroxylation is 1. The van der Waals surface area contributed by atoms with Crippen molar-refractivity contribution in [2.24, 2.45) is 0 Å². The minimum Gasteiger partial charge on any atom is -0.312 e. The summed E-state index contributed by atoms with van der Waals surface area (Å²) in [6.45, 7) is 2.50. The van der Waals surface area contributed by atoms with Gasteiger partial charge in [0.2, 0.25) is 5.16 Å². The Bertz CT molecular complexity index is 798. The Labute approximate surface area is 124 Å². The third kappa shape index (κ3) is 2.70. The molecule has 7 nitrogen and oxygen atoms in total. The highest BCUT2D eigenvalue weighted by atomic mass is 32.2. The summed E-state index contributed by atoms with van der Waals surface area (Å²) in [6, 6.07) is 9.50. The average molecular weight is 300 g/mol. The summed E-state index contributed by atoms with van der Waals surface area (Å²) < 4.78 is 3.17. The Kier molecular flexibility index (Phi) is 3.78. The van der Waals surface area contributed by atoms with E-state index in [0.29, 0.717) is 16.7 Å². The number of benzene rings is 1. The summed E-state index contributed by atoms with van der Waals surface area (Å²) in [6.07, 6.45) is 3.26. The third-order valence-electron chi connectivity index (χ3n) is 2.85. The molecule has 2 aromatic heterocycles. The molecule has 0 unspecified atom stereocenters. The van der Waals surface area contributed by atoms with Crippen molar-refractivity contribution in [3.8, 4) is 5.69 Å². The molecule has 8 heteroatoms. The van der Waals surface area contributed by atoms with Crippen LogP contribution in [0.15, 0.2) is 57.7 Å². The topological polar surface area (TPSA) is 78.5 Å². The van der Waals surface area contributed by atoms with Gasteiger partial charge in [-0.15, -0.1) is 5.10 Å². The van der Waals surface area contributed by atoms with E-state index in [-0.39, 0.29) is 5.56 Å². The molecule has 0 saturated heterocycles. The van der Waals surface area contributed by atoms with Crippen LogP contribution in [0.5, 0.6) is 0 Å². The van der Waals surface area contributed by atoms with Gasteiger partial charge >= 0.3 is 0 Å². The lowest BCUT2D eigenvalue weighted by atomic mass is 10.3. The average Bonchev–Trinajstić information content (AvgIpc) is 2.98. The lowest BCUT2D eigenvalue weighted by Gasteiger charge is -2.05. The molecule has 3 rings (SSSR count). The van der Waals surface area contributed by atoms with Gasteiger partial charge in [0.05, 0.1) is 5.69 Å². The monoisotopic (exact) mass is 300 g/mol. The Hall–Kier alpha value is -2.48. The smallest absolute Gasteiger partial charge is 0.283 e.